The van der Waals surface area contributed by atoms with Gasteiger partial charge in [0.05, 0.1) is 12.2 Å². The highest BCUT2D eigenvalue weighted by Gasteiger charge is 2.43. The molecule has 64 valence electrons. The van der Waals surface area contributed by atoms with Crippen molar-refractivity contribution >= 4 is 6.29 Å². The summed E-state index contributed by atoms with van der Waals surface area (Å²) in [5.41, 5.74) is -0.216. The van der Waals surface area contributed by atoms with Crippen LogP contribution in [0.3, 0.4) is 0 Å². The molecule has 0 N–H and O–H groups in total. The number of hydrogen-bond acceptors (Lipinski definition) is 2. The van der Waals surface area contributed by atoms with Gasteiger partial charge < -0.3 is 9.53 Å². The molecule has 0 aliphatic heterocycles. The Morgan fingerprint density at radius 2 is 2.00 bits per heavy atom. The van der Waals surface area contributed by atoms with Gasteiger partial charge in [-0.15, -0.1) is 0 Å². The molecule has 11 heavy (non-hydrogen) atoms. The predicted molar refractivity (Wildman–Crippen MR) is 43.4 cm³/mol. The van der Waals surface area contributed by atoms with Crippen LogP contribution >= 0.6 is 0 Å². The van der Waals surface area contributed by atoms with Crippen molar-refractivity contribution in [2.45, 2.75) is 39.2 Å². The standard InChI is InChI=1S/C9H16O2/c1-8(2,3)11-7-9(6-10)4-5-9/h6H,4-5,7H2,1-3H3. The lowest BCUT2D eigenvalue weighted by molar-refractivity contribution is -0.116. The van der Waals surface area contributed by atoms with Gasteiger partial charge in [-0.05, 0) is 33.6 Å². The average molecular weight is 156 g/mol. The van der Waals surface area contributed by atoms with Crippen LogP contribution in [0.2, 0.25) is 0 Å². The van der Waals surface area contributed by atoms with Crippen molar-refractivity contribution in [2.24, 2.45) is 5.41 Å². The molecule has 1 saturated carbocycles. The van der Waals surface area contributed by atoms with E-state index in [0.29, 0.717) is 6.61 Å². The molecule has 2 nitrogen and oxygen atoms in total. The summed E-state index contributed by atoms with van der Waals surface area (Å²) in [6, 6.07) is 0. The Hall–Kier alpha value is -0.370. The number of carbonyl (C=O) groups excluding carboxylic acids is 1. The molecule has 0 radical (unpaired) electrons. The third kappa shape index (κ3) is 2.62. The molecule has 1 rings (SSSR count). The first-order valence-electron chi connectivity index (χ1n) is 4.08. The maximum absolute atomic E-state index is 10.5. The van der Waals surface area contributed by atoms with Crippen molar-refractivity contribution in [3.8, 4) is 0 Å². The zero-order valence-electron chi connectivity index (χ0n) is 7.52. The monoisotopic (exact) mass is 156 g/mol. The lowest BCUT2D eigenvalue weighted by Crippen LogP contribution is -2.24. The molecule has 0 aromatic heterocycles. The lowest BCUT2D eigenvalue weighted by atomic mass is 10.1. The fourth-order valence-corrected chi connectivity index (χ4v) is 0.817. The third-order valence-electron chi connectivity index (χ3n) is 1.93. The quantitative estimate of drug-likeness (QED) is 0.582. The highest BCUT2D eigenvalue weighted by Crippen LogP contribution is 2.44. The smallest absolute Gasteiger partial charge is 0.128 e. The molecule has 0 aromatic carbocycles. The Balaban J connectivity index is 2.27. The van der Waals surface area contributed by atoms with Crippen LogP contribution in [0.1, 0.15) is 33.6 Å². The summed E-state index contributed by atoms with van der Waals surface area (Å²) in [5, 5.41) is 0. The summed E-state index contributed by atoms with van der Waals surface area (Å²) < 4.78 is 5.52. The molecular formula is C9H16O2. The number of carbonyl (C=O) groups is 1. The SMILES string of the molecule is CC(C)(C)OCC1(C=O)CC1. The summed E-state index contributed by atoms with van der Waals surface area (Å²) >= 11 is 0. The van der Waals surface area contributed by atoms with Crippen molar-refractivity contribution in [3.05, 3.63) is 0 Å². The van der Waals surface area contributed by atoms with E-state index in [-0.39, 0.29) is 11.0 Å². The van der Waals surface area contributed by atoms with Gasteiger partial charge in [-0.3, -0.25) is 0 Å². The Morgan fingerprint density at radius 1 is 1.45 bits per heavy atom. The molecule has 0 spiro atoms. The molecule has 0 aromatic rings. The molecule has 1 fully saturated rings. The van der Waals surface area contributed by atoms with Crippen LogP contribution in [0.4, 0.5) is 0 Å². The minimum Gasteiger partial charge on any atom is -0.375 e. The van der Waals surface area contributed by atoms with Gasteiger partial charge >= 0.3 is 0 Å². The summed E-state index contributed by atoms with van der Waals surface area (Å²) in [7, 11) is 0. The molecule has 0 saturated heterocycles. The second kappa shape index (κ2) is 2.59. The van der Waals surface area contributed by atoms with Gasteiger partial charge in [-0.2, -0.15) is 0 Å². The van der Waals surface area contributed by atoms with E-state index < -0.39 is 0 Å². The van der Waals surface area contributed by atoms with Crippen molar-refractivity contribution in [2.75, 3.05) is 6.61 Å². The van der Waals surface area contributed by atoms with Gasteiger partial charge in [0.2, 0.25) is 0 Å². The van der Waals surface area contributed by atoms with E-state index in [4.69, 9.17) is 4.74 Å². The number of hydrogen-bond donors (Lipinski definition) is 0. The first-order chi connectivity index (χ1) is 4.97. The minimum atomic E-state index is -0.112. The van der Waals surface area contributed by atoms with Crippen LogP contribution in [0.15, 0.2) is 0 Å². The van der Waals surface area contributed by atoms with Crippen molar-refractivity contribution in [3.63, 3.8) is 0 Å². The fraction of sp³-hybridized carbons (Fsp3) is 0.889. The predicted octanol–water partition coefficient (Wildman–Crippen LogP) is 1.78. The van der Waals surface area contributed by atoms with Gasteiger partial charge in [0.25, 0.3) is 0 Å². The zero-order chi connectivity index (χ0) is 8.54. The van der Waals surface area contributed by atoms with Crippen LogP contribution in [-0.4, -0.2) is 18.5 Å². The molecule has 2 heteroatoms. The van der Waals surface area contributed by atoms with E-state index in [2.05, 4.69) is 0 Å². The van der Waals surface area contributed by atoms with E-state index in [1.807, 2.05) is 20.8 Å². The van der Waals surface area contributed by atoms with Crippen molar-refractivity contribution < 1.29 is 9.53 Å². The largest absolute Gasteiger partial charge is 0.375 e. The van der Waals surface area contributed by atoms with E-state index >= 15 is 0 Å². The molecule has 1 aliphatic rings. The number of aldehydes is 1. The van der Waals surface area contributed by atoms with Gasteiger partial charge in [0.15, 0.2) is 0 Å². The Bertz CT molecular complexity index is 151. The molecule has 0 unspecified atom stereocenters. The third-order valence-corrected chi connectivity index (χ3v) is 1.93. The van der Waals surface area contributed by atoms with Crippen LogP contribution in [0.5, 0.6) is 0 Å². The zero-order valence-corrected chi connectivity index (χ0v) is 7.52. The molecule has 0 heterocycles. The molecule has 0 amide bonds. The number of ether oxygens (including phenoxy) is 1. The minimum absolute atomic E-state index is 0.104. The lowest BCUT2D eigenvalue weighted by Gasteiger charge is -2.21. The van der Waals surface area contributed by atoms with E-state index in [0.717, 1.165) is 19.1 Å². The summed E-state index contributed by atoms with van der Waals surface area (Å²) in [5.74, 6) is 0. The molecule has 0 atom stereocenters. The van der Waals surface area contributed by atoms with E-state index in [9.17, 15) is 4.79 Å². The van der Waals surface area contributed by atoms with Crippen LogP contribution in [0, 0.1) is 5.41 Å². The van der Waals surface area contributed by atoms with Crippen molar-refractivity contribution in [1.82, 2.24) is 0 Å². The fourth-order valence-electron chi connectivity index (χ4n) is 0.817. The molecule has 0 bridgehead atoms. The summed E-state index contributed by atoms with van der Waals surface area (Å²) in [4.78, 5) is 10.5. The normalized spacial score (nSPS) is 21.4. The highest BCUT2D eigenvalue weighted by molar-refractivity contribution is 5.63. The number of rotatable bonds is 3. The summed E-state index contributed by atoms with van der Waals surface area (Å²) in [6.45, 7) is 6.62. The van der Waals surface area contributed by atoms with Gasteiger partial charge in [0.1, 0.15) is 6.29 Å². The molecule has 1 aliphatic carbocycles. The van der Waals surface area contributed by atoms with E-state index in [1.54, 1.807) is 0 Å². The van der Waals surface area contributed by atoms with Crippen LogP contribution < -0.4 is 0 Å². The van der Waals surface area contributed by atoms with Crippen LogP contribution in [0.25, 0.3) is 0 Å². The van der Waals surface area contributed by atoms with Crippen LogP contribution in [-0.2, 0) is 9.53 Å². The Morgan fingerprint density at radius 3 is 2.27 bits per heavy atom. The summed E-state index contributed by atoms with van der Waals surface area (Å²) in [6.07, 6.45) is 3.05. The first-order valence-corrected chi connectivity index (χ1v) is 4.08. The average Bonchev–Trinajstić information content (AvgIpc) is 2.63. The van der Waals surface area contributed by atoms with Gasteiger partial charge in [0, 0.05) is 5.41 Å². The molecular weight excluding hydrogens is 140 g/mol. The Labute approximate surface area is 67.9 Å². The maximum Gasteiger partial charge on any atom is 0.128 e. The van der Waals surface area contributed by atoms with Gasteiger partial charge in [-0.25, -0.2) is 0 Å². The second-order valence-electron chi connectivity index (χ2n) is 4.38. The maximum atomic E-state index is 10.5. The van der Waals surface area contributed by atoms with Gasteiger partial charge in [-0.1, -0.05) is 0 Å². The highest BCUT2D eigenvalue weighted by atomic mass is 16.5. The van der Waals surface area contributed by atoms with E-state index in [1.165, 1.54) is 0 Å². The topological polar surface area (TPSA) is 26.3 Å². The first kappa shape index (κ1) is 8.72. The second-order valence-corrected chi connectivity index (χ2v) is 4.38. The Kier molecular flexibility index (Phi) is 2.06. The van der Waals surface area contributed by atoms with Crippen molar-refractivity contribution in [1.29, 1.82) is 0 Å².